The lowest BCUT2D eigenvalue weighted by Crippen LogP contribution is -2.23. The van der Waals surface area contributed by atoms with Gasteiger partial charge in [0.05, 0.1) is 5.56 Å². The highest BCUT2D eigenvalue weighted by Gasteiger charge is 2.33. The van der Waals surface area contributed by atoms with E-state index >= 15 is 0 Å². The van der Waals surface area contributed by atoms with Crippen LogP contribution in [-0.2, 0) is 0 Å². The van der Waals surface area contributed by atoms with Gasteiger partial charge in [0.15, 0.2) is 0 Å². The van der Waals surface area contributed by atoms with Gasteiger partial charge in [-0.05, 0) is 30.5 Å². The van der Waals surface area contributed by atoms with Crippen LogP contribution in [0.1, 0.15) is 23.7 Å². The van der Waals surface area contributed by atoms with Crippen molar-refractivity contribution in [1.29, 1.82) is 0 Å². The number of rotatable bonds is 3. The van der Waals surface area contributed by atoms with Crippen molar-refractivity contribution in [2.24, 2.45) is 5.92 Å². The molecule has 3 N–H and O–H groups in total. The lowest BCUT2D eigenvalue weighted by atomic mass is 10.1. The molecule has 0 aromatic heterocycles. The second kappa shape index (κ2) is 4.28. The van der Waals surface area contributed by atoms with E-state index < -0.39 is 0 Å². The Labute approximate surface area is 102 Å². The number of nitrogens with one attached hydrogen (secondary N) is 1. The highest BCUT2D eigenvalue weighted by Crippen LogP contribution is 2.34. The van der Waals surface area contributed by atoms with E-state index in [0.717, 1.165) is 12.1 Å². The average Bonchev–Trinajstić information content (AvgIpc) is 2.93. The monoisotopic (exact) mass is 233 g/mol. The third-order valence-corrected chi connectivity index (χ3v) is 3.13. The Morgan fingerprint density at radius 2 is 2.12 bits per heavy atom. The molecule has 1 aromatic carbocycles. The zero-order chi connectivity index (χ0) is 12.6. The largest absolute Gasteiger partial charge is 0.399 e. The Morgan fingerprint density at radius 1 is 1.47 bits per heavy atom. The number of benzene rings is 1. The quantitative estimate of drug-likeness (QED) is 0.782. The van der Waals surface area contributed by atoms with Crippen LogP contribution in [0.15, 0.2) is 18.2 Å². The predicted octanol–water partition coefficient (Wildman–Crippen LogP) is 1.79. The van der Waals surface area contributed by atoms with E-state index in [-0.39, 0.29) is 5.91 Å². The van der Waals surface area contributed by atoms with Crippen molar-refractivity contribution < 1.29 is 4.79 Å². The standard InChI is InChI=1S/C13H19N3O/c1-8-6-11(8)15-12-7-9(14)4-5-10(12)13(17)16(2)3/h4-5,7-8,11,15H,6,14H2,1-3H3. The molecule has 1 aromatic rings. The van der Waals surface area contributed by atoms with Crippen LogP contribution in [0.25, 0.3) is 0 Å². The van der Waals surface area contributed by atoms with Gasteiger partial charge in [-0.2, -0.15) is 0 Å². The Hall–Kier alpha value is -1.71. The van der Waals surface area contributed by atoms with Crippen molar-refractivity contribution in [2.45, 2.75) is 19.4 Å². The highest BCUT2D eigenvalue weighted by molar-refractivity contribution is 6.00. The molecule has 1 amide bonds. The van der Waals surface area contributed by atoms with E-state index in [0.29, 0.717) is 23.2 Å². The second-order valence-electron chi connectivity index (χ2n) is 4.97. The third kappa shape index (κ3) is 2.52. The summed E-state index contributed by atoms with van der Waals surface area (Å²) in [6.45, 7) is 2.19. The van der Waals surface area contributed by atoms with Gasteiger partial charge in [-0.25, -0.2) is 0 Å². The minimum Gasteiger partial charge on any atom is -0.399 e. The predicted molar refractivity (Wildman–Crippen MR) is 70.1 cm³/mol. The molecule has 0 radical (unpaired) electrons. The summed E-state index contributed by atoms with van der Waals surface area (Å²) in [6.07, 6.45) is 1.16. The van der Waals surface area contributed by atoms with Crippen LogP contribution in [0, 0.1) is 5.92 Å². The van der Waals surface area contributed by atoms with E-state index in [2.05, 4.69) is 12.2 Å². The Morgan fingerprint density at radius 3 is 2.65 bits per heavy atom. The number of carbonyl (C=O) groups is 1. The average molecular weight is 233 g/mol. The maximum Gasteiger partial charge on any atom is 0.255 e. The molecule has 0 saturated heterocycles. The number of hydrogen-bond donors (Lipinski definition) is 2. The van der Waals surface area contributed by atoms with Crippen molar-refractivity contribution in [3.63, 3.8) is 0 Å². The summed E-state index contributed by atoms with van der Waals surface area (Å²) in [5.74, 6) is 0.680. The van der Waals surface area contributed by atoms with Gasteiger partial charge in [0, 0.05) is 31.5 Å². The van der Waals surface area contributed by atoms with Gasteiger partial charge in [0.2, 0.25) is 0 Å². The van der Waals surface area contributed by atoms with Gasteiger partial charge in [-0.1, -0.05) is 6.92 Å². The normalized spacial score (nSPS) is 22.1. The Bertz CT molecular complexity index is 442. The Balaban J connectivity index is 2.27. The molecule has 17 heavy (non-hydrogen) atoms. The molecule has 4 nitrogen and oxygen atoms in total. The molecule has 2 rings (SSSR count). The van der Waals surface area contributed by atoms with E-state index in [1.165, 1.54) is 0 Å². The summed E-state index contributed by atoms with van der Waals surface area (Å²) < 4.78 is 0. The number of anilines is 2. The first-order chi connectivity index (χ1) is 7.99. The fourth-order valence-corrected chi connectivity index (χ4v) is 1.83. The van der Waals surface area contributed by atoms with Crippen molar-refractivity contribution in [3.8, 4) is 0 Å². The molecular weight excluding hydrogens is 214 g/mol. The molecule has 1 fully saturated rings. The van der Waals surface area contributed by atoms with Gasteiger partial charge in [-0.15, -0.1) is 0 Å². The summed E-state index contributed by atoms with van der Waals surface area (Å²) in [5, 5.41) is 3.38. The summed E-state index contributed by atoms with van der Waals surface area (Å²) in [7, 11) is 3.50. The van der Waals surface area contributed by atoms with Gasteiger partial charge in [0.25, 0.3) is 5.91 Å². The number of carbonyl (C=O) groups excluding carboxylic acids is 1. The van der Waals surface area contributed by atoms with E-state index in [4.69, 9.17) is 5.73 Å². The summed E-state index contributed by atoms with van der Waals surface area (Å²) in [6, 6.07) is 5.86. The Kier molecular flexibility index (Phi) is 2.96. The molecule has 1 aliphatic rings. The van der Waals surface area contributed by atoms with E-state index in [9.17, 15) is 4.79 Å². The zero-order valence-electron chi connectivity index (χ0n) is 10.5. The van der Waals surface area contributed by atoms with Gasteiger partial charge in [-0.3, -0.25) is 4.79 Å². The minimum atomic E-state index is 0.000744. The van der Waals surface area contributed by atoms with Crippen LogP contribution in [0.2, 0.25) is 0 Å². The maximum absolute atomic E-state index is 12.0. The topological polar surface area (TPSA) is 58.4 Å². The van der Waals surface area contributed by atoms with Crippen molar-refractivity contribution in [1.82, 2.24) is 4.90 Å². The number of nitrogen functional groups attached to an aromatic ring is 1. The van der Waals surface area contributed by atoms with Gasteiger partial charge < -0.3 is 16.0 Å². The van der Waals surface area contributed by atoms with Crippen molar-refractivity contribution in [3.05, 3.63) is 23.8 Å². The van der Waals surface area contributed by atoms with Crippen LogP contribution < -0.4 is 11.1 Å². The van der Waals surface area contributed by atoms with Crippen LogP contribution in [0.3, 0.4) is 0 Å². The first kappa shape index (κ1) is 11.8. The van der Waals surface area contributed by atoms with Gasteiger partial charge >= 0.3 is 0 Å². The number of nitrogens with zero attached hydrogens (tertiary/aromatic N) is 1. The van der Waals surface area contributed by atoms with Crippen LogP contribution in [0.4, 0.5) is 11.4 Å². The molecule has 0 aliphatic heterocycles. The maximum atomic E-state index is 12.0. The lowest BCUT2D eigenvalue weighted by molar-refractivity contribution is 0.0828. The van der Waals surface area contributed by atoms with Crippen LogP contribution in [-0.4, -0.2) is 30.9 Å². The van der Waals surface area contributed by atoms with Crippen molar-refractivity contribution >= 4 is 17.3 Å². The molecule has 1 saturated carbocycles. The van der Waals surface area contributed by atoms with Crippen LogP contribution in [0.5, 0.6) is 0 Å². The molecule has 0 spiro atoms. The first-order valence-electron chi connectivity index (χ1n) is 5.86. The molecule has 1 aliphatic carbocycles. The molecule has 92 valence electrons. The molecule has 4 heteroatoms. The third-order valence-electron chi connectivity index (χ3n) is 3.13. The SMILES string of the molecule is CC1CC1Nc1cc(N)ccc1C(=O)N(C)C. The van der Waals surface area contributed by atoms with E-state index in [1.54, 1.807) is 31.1 Å². The summed E-state index contributed by atoms with van der Waals surface area (Å²) in [5.41, 5.74) is 7.98. The fraction of sp³-hybridized carbons (Fsp3) is 0.462. The highest BCUT2D eigenvalue weighted by atomic mass is 16.2. The molecule has 0 bridgehead atoms. The lowest BCUT2D eigenvalue weighted by Gasteiger charge is -2.16. The summed E-state index contributed by atoms with van der Waals surface area (Å²) >= 11 is 0. The first-order valence-corrected chi connectivity index (χ1v) is 5.86. The molecular formula is C13H19N3O. The zero-order valence-corrected chi connectivity index (χ0v) is 10.5. The van der Waals surface area contributed by atoms with Crippen molar-refractivity contribution in [2.75, 3.05) is 25.1 Å². The smallest absolute Gasteiger partial charge is 0.255 e. The number of nitrogens with two attached hydrogens (primary N) is 1. The number of amides is 1. The molecule has 0 heterocycles. The van der Waals surface area contributed by atoms with Crippen LogP contribution >= 0.6 is 0 Å². The summed E-state index contributed by atoms with van der Waals surface area (Å²) in [4.78, 5) is 13.6. The molecule has 2 atom stereocenters. The second-order valence-corrected chi connectivity index (χ2v) is 4.97. The fourth-order valence-electron chi connectivity index (χ4n) is 1.83. The van der Waals surface area contributed by atoms with E-state index in [1.807, 2.05) is 6.07 Å². The minimum absolute atomic E-state index is 0.000744. The van der Waals surface area contributed by atoms with Gasteiger partial charge in [0.1, 0.15) is 0 Å². The molecule has 2 unspecified atom stereocenters. The number of hydrogen-bond acceptors (Lipinski definition) is 3.